The number of carbonyl (C=O) groups excluding carboxylic acids is 1. The molecule has 0 aromatic heterocycles. The van der Waals surface area contributed by atoms with E-state index in [0.717, 1.165) is 43.2 Å². The van der Waals surface area contributed by atoms with E-state index in [1.165, 1.54) is 11.1 Å². The lowest BCUT2D eigenvalue weighted by atomic mass is 9.55. The minimum absolute atomic E-state index is 0.266. The molecule has 5 rings (SSSR count). The van der Waals surface area contributed by atoms with E-state index in [9.17, 15) is 9.90 Å². The summed E-state index contributed by atoms with van der Waals surface area (Å²) in [5.74, 6) is 3.45. The van der Waals surface area contributed by atoms with Gasteiger partial charge in [0.15, 0.2) is 17.3 Å². The van der Waals surface area contributed by atoms with E-state index in [0.29, 0.717) is 40.8 Å². The summed E-state index contributed by atoms with van der Waals surface area (Å²) >= 11 is 0. The topological polar surface area (TPSA) is 55.8 Å². The van der Waals surface area contributed by atoms with Crippen molar-refractivity contribution in [2.75, 3.05) is 14.2 Å². The molecule has 0 saturated heterocycles. The molecule has 2 aromatic rings. The minimum atomic E-state index is -0.266. The van der Waals surface area contributed by atoms with E-state index in [1.54, 1.807) is 14.2 Å². The van der Waals surface area contributed by atoms with Gasteiger partial charge in [0, 0.05) is 5.41 Å². The van der Waals surface area contributed by atoms with Gasteiger partial charge in [-0.3, -0.25) is 4.79 Å². The van der Waals surface area contributed by atoms with Crippen LogP contribution in [-0.2, 0) is 11.2 Å². The van der Waals surface area contributed by atoms with Crippen LogP contribution in [0.2, 0.25) is 0 Å². The first-order chi connectivity index (χ1) is 14.9. The van der Waals surface area contributed by atoms with Crippen molar-refractivity contribution in [3.63, 3.8) is 0 Å². The van der Waals surface area contributed by atoms with Crippen molar-refractivity contribution in [2.24, 2.45) is 17.3 Å². The summed E-state index contributed by atoms with van der Waals surface area (Å²) in [7, 11) is 3.26. The number of phenolic OH excluding ortho intramolecular Hbond substituents is 1. The monoisotopic (exact) mass is 418 g/mol. The number of hydrogen-bond donors (Lipinski definition) is 1. The van der Waals surface area contributed by atoms with Crippen LogP contribution in [0.3, 0.4) is 0 Å². The lowest BCUT2D eigenvalue weighted by Gasteiger charge is -2.48. The van der Waals surface area contributed by atoms with Crippen LogP contribution in [0.25, 0.3) is 6.08 Å². The first-order valence-electron chi connectivity index (χ1n) is 11.2. The average molecular weight is 419 g/mol. The number of carbonyl (C=O) groups is 1. The highest BCUT2D eigenvalue weighted by molar-refractivity contribution is 6.06. The van der Waals surface area contributed by atoms with Gasteiger partial charge in [-0.2, -0.15) is 0 Å². The Labute approximate surface area is 183 Å². The van der Waals surface area contributed by atoms with Gasteiger partial charge in [0.05, 0.1) is 14.2 Å². The van der Waals surface area contributed by atoms with E-state index in [1.807, 2.05) is 30.3 Å². The van der Waals surface area contributed by atoms with Crippen molar-refractivity contribution < 1.29 is 19.4 Å². The number of fused-ring (bicyclic) bond motifs is 5. The summed E-state index contributed by atoms with van der Waals surface area (Å²) in [5.41, 5.74) is 4.33. The van der Waals surface area contributed by atoms with E-state index < -0.39 is 0 Å². The molecule has 2 fully saturated rings. The van der Waals surface area contributed by atoms with E-state index in [-0.39, 0.29) is 5.41 Å². The predicted molar refractivity (Wildman–Crippen MR) is 121 cm³/mol. The molecule has 31 heavy (non-hydrogen) atoms. The van der Waals surface area contributed by atoms with Crippen LogP contribution in [0.1, 0.15) is 55.2 Å². The van der Waals surface area contributed by atoms with Crippen molar-refractivity contribution in [1.29, 1.82) is 0 Å². The molecule has 162 valence electrons. The van der Waals surface area contributed by atoms with Crippen LogP contribution in [-0.4, -0.2) is 25.1 Å². The molecular weight excluding hydrogens is 388 g/mol. The zero-order chi connectivity index (χ0) is 21.8. The predicted octanol–water partition coefficient (Wildman–Crippen LogP) is 5.53. The van der Waals surface area contributed by atoms with E-state index >= 15 is 0 Å². The molecule has 2 saturated carbocycles. The van der Waals surface area contributed by atoms with Crippen molar-refractivity contribution in [1.82, 2.24) is 0 Å². The number of ether oxygens (including phenoxy) is 2. The van der Waals surface area contributed by atoms with Crippen LogP contribution in [0.4, 0.5) is 0 Å². The third kappa shape index (κ3) is 3.15. The smallest absolute Gasteiger partial charge is 0.165 e. The average Bonchev–Trinajstić information content (AvgIpc) is 3.03. The standard InChI is InChI=1S/C27H30O4/c1-27-11-10-21-20-8-6-19(28)14-17(20)5-7-22(21)23(27)15-18(26(27)29)12-16-4-9-24(30-2)25(13-16)31-3/h4,6,8-9,12-14,21-23,28H,5,7,10-11,15H2,1-3H3/b18-12+. The van der Waals surface area contributed by atoms with Crippen molar-refractivity contribution in [3.8, 4) is 17.2 Å². The number of aryl methyl sites for hydroxylation is 1. The first kappa shape index (κ1) is 20.2. The largest absolute Gasteiger partial charge is 0.508 e. The number of Topliss-reactive ketones (excluding diaryl/α,β-unsaturated/α-hetero) is 1. The zero-order valence-electron chi connectivity index (χ0n) is 18.5. The second kappa shape index (κ2) is 7.44. The highest BCUT2D eigenvalue weighted by Crippen LogP contribution is 2.61. The van der Waals surface area contributed by atoms with Crippen LogP contribution < -0.4 is 9.47 Å². The molecule has 0 amide bonds. The van der Waals surface area contributed by atoms with Crippen LogP contribution in [0.15, 0.2) is 42.0 Å². The molecular formula is C27H30O4. The molecule has 0 spiro atoms. The summed E-state index contributed by atoms with van der Waals surface area (Å²) in [6.07, 6.45) is 6.96. The Bertz CT molecular complexity index is 1070. The molecule has 3 aliphatic carbocycles. The van der Waals surface area contributed by atoms with Crippen molar-refractivity contribution in [3.05, 3.63) is 58.7 Å². The third-order valence-corrected chi connectivity index (χ3v) is 8.10. The number of benzene rings is 2. The second-order valence-corrected chi connectivity index (χ2v) is 9.57. The van der Waals surface area contributed by atoms with Crippen molar-refractivity contribution in [2.45, 2.75) is 44.9 Å². The Balaban J connectivity index is 1.47. The summed E-state index contributed by atoms with van der Waals surface area (Å²) in [4.78, 5) is 13.6. The Kier molecular flexibility index (Phi) is 4.84. The maximum atomic E-state index is 13.6. The SMILES string of the molecule is COc1ccc(/C=C2\CC3C4CCc5cc(O)ccc5C4CCC3(C)C2=O)cc1OC. The van der Waals surface area contributed by atoms with E-state index in [2.05, 4.69) is 19.1 Å². The molecule has 0 radical (unpaired) electrons. The molecule has 2 aromatic carbocycles. The fourth-order valence-corrected chi connectivity index (χ4v) is 6.51. The highest BCUT2D eigenvalue weighted by Gasteiger charge is 2.56. The summed E-state index contributed by atoms with van der Waals surface area (Å²) < 4.78 is 10.8. The van der Waals surface area contributed by atoms with Gasteiger partial charge in [0.2, 0.25) is 0 Å². The van der Waals surface area contributed by atoms with Gasteiger partial charge in [-0.15, -0.1) is 0 Å². The van der Waals surface area contributed by atoms with Crippen LogP contribution in [0.5, 0.6) is 17.2 Å². The lowest BCUT2D eigenvalue weighted by molar-refractivity contribution is -0.127. The molecule has 3 aliphatic rings. The maximum Gasteiger partial charge on any atom is 0.165 e. The van der Waals surface area contributed by atoms with Gasteiger partial charge in [-0.1, -0.05) is 19.1 Å². The number of methoxy groups -OCH3 is 2. The van der Waals surface area contributed by atoms with Gasteiger partial charge < -0.3 is 14.6 Å². The molecule has 4 nitrogen and oxygen atoms in total. The molecule has 1 N–H and O–H groups in total. The van der Waals surface area contributed by atoms with Gasteiger partial charge in [-0.05, 0) is 102 Å². The number of hydrogen-bond acceptors (Lipinski definition) is 4. The quantitative estimate of drug-likeness (QED) is 0.666. The van der Waals surface area contributed by atoms with Gasteiger partial charge >= 0.3 is 0 Å². The molecule has 4 unspecified atom stereocenters. The van der Waals surface area contributed by atoms with Crippen LogP contribution >= 0.6 is 0 Å². The van der Waals surface area contributed by atoms with Gasteiger partial charge in [0.25, 0.3) is 0 Å². The number of ketones is 1. The van der Waals surface area contributed by atoms with Gasteiger partial charge in [0.1, 0.15) is 5.75 Å². The Morgan fingerprint density at radius 3 is 2.65 bits per heavy atom. The lowest BCUT2D eigenvalue weighted by Crippen LogP contribution is -2.42. The molecule has 4 atom stereocenters. The van der Waals surface area contributed by atoms with Crippen LogP contribution in [0, 0.1) is 17.3 Å². The Hall–Kier alpha value is -2.75. The Morgan fingerprint density at radius 1 is 1.06 bits per heavy atom. The number of aromatic hydroxyl groups is 1. The third-order valence-electron chi connectivity index (χ3n) is 8.10. The summed E-state index contributed by atoms with van der Waals surface area (Å²) in [6, 6.07) is 11.7. The van der Waals surface area contributed by atoms with Crippen molar-refractivity contribution >= 4 is 11.9 Å². The molecule has 4 heteroatoms. The second-order valence-electron chi connectivity index (χ2n) is 9.57. The summed E-state index contributed by atoms with van der Waals surface area (Å²) in [5, 5.41) is 9.89. The number of phenols is 1. The zero-order valence-corrected chi connectivity index (χ0v) is 18.5. The first-order valence-corrected chi connectivity index (χ1v) is 11.2. The van der Waals surface area contributed by atoms with E-state index in [4.69, 9.17) is 9.47 Å². The molecule has 0 heterocycles. The molecule has 0 bridgehead atoms. The number of rotatable bonds is 3. The highest BCUT2D eigenvalue weighted by atomic mass is 16.5. The minimum Gasteiger partial charge on any atom is -0.508 e. The molecule has 0 aliphatic heterocycles. The fraction of sp³-hybridized carbons (Fsp3) is 0.444. The fourth-order valence-electron chi connectivity index (χ4n) is 6.51. The van der Waals surface area contributed by atoms with Gasteiger partial charge in [-0.25, -0.2) is 0 Å². The number of allylic oxidation sites excluding steroid dienone is 1. The summed E-state index contributed by atoms with van der Waals surface area (Å²) in [6.45, 7) is 2.19. The normalized spacial score (nSPS) is 30.5. The maximum absolute atomic E-state index is 13.6. The Morgan fingerprint density at radius 2 is 1.87 bits per heavy atom.